The van der Waals surface area contributed by atoms with Gasteiger partial charge in [0.2, 0.25) is 5.91 Å². The number of carbonyl (C=O) groups is 1. The van der Waals surface area contributed by atoms with E-state index in [2.05, 4.69) is 10.5 Å². The predicted octanol–water partition coefficient (Wildman–Crippen LogP) is 3.85. The quantitative estimate of drug-likeness (QED) is 0.730. The zero-order valence-corrected chi connectivity index (χ0v) is 15.4. The Morgan fingerprint density at radius 3 is 2.61 bits per heavy atom. The molecule has 6 heteroatoms. The maximum atomic E-state index is 13.8. The number of hydrogen-bond acceptors (Lipinski definition) is 4. The van der Waals surface area contributed by atoms with Crippen LogP contribution in [0.3, 0.4) is 0 Å². The van der Waals surface area contributed by atoms with Crippen molar-refractivity contribution in [3.8, 4) is 11.3 Å². The number of amides is 1. The van der Waals surface area contributed by atoms with E-state index in [-0.39, 0.29) is 18.3 Å². The van der Waals surface area contributed by atoms with Gasteiger partial charge in [-0.05, 0) is 30.5 Å². The van der Waals surface area contributed by atoms with Gasteiger partial charge in [-0.1, -0.05) is 47.6 Å². The van der Waals surface area contributed by atoms with E-state index in [0.29, 0.717) is 37.4 Å². The minimum Gasteiger partial charge on any atom is -0.381 e. The molecule has 5 nitrogen and oxygen atoms in total. The molecule has 1 saturated heterocycles. The van der Waals surface area contributed by atoms with Gasteiger partial charge in [0.15, 0.2) is 5.76 Å². The molecular formula is C22H21FN2O3. The van der Waals surface area contributed by atoms with Crippen LogP contribution in [0.2, 0.25) is 0 Å². The van der Waals surface area contributed by atoms with E-state index in [1.165, 1.54) is 12.1 Å². The summed E-state index contributed by atoms with van der Waals surface area (Å²) in [6, 6.07) is 17.8. The summed E-state index contributed by atoms with van der Waals surface area (Å²) in [5, 5.41) is 7.01. The van der Waals surface area contributed by atoms with E-state index in [4.69, 9.17) is 9.26 Å². The number of nitrogens with zero attached hydrogens (tertiary/aromatic N) is 1. The van der Waals surface area contributed by atoms with E-state index >= 15 is 0 Å². The van der Waals surface area contributed by atoms with Gasteiger partial charge in [0.25, 0.3) is 0 Å². The average Bonchev–Trinajstić information content (AvgIpc) is 3.22. The van der Waals surface area contributed by atoms with E-state index < -0.39 is 5.41 Å². The zero-order chi connectivity index (χ0) is 19.4. The highest BCUT2D eigenvalue weighted by Gasteiger charge is 2.41. The maximum absolute atomic E-state index is 13.8. The molecule has 3 aromatic rings. The molecule has 0 spiro atoms. The first-order valence-corrected chi connectivity index (χ1v) is 9.30. The molecule has 0 radical (unpaired) electrons. The third-order valence-corrected chi connectivity index (χ3v) is 5.21. The minimum absolute atomic E-state index is 0.154. The average molecular weight is 380 g/mol. The lowest BCUT2D eigenvalue weighted by Gasteiger charge is -2.36. The summed E-state index contributed by atoms with van der Waals surface area (Å²) in [6.07, 6.45) is 1.02. The van der Waals surface area contributed by atoms with Crippen molar-refractivity contribution in [3.63, 3.8) is 0 Å². The molecule has 0 saturated carbocycles. The fourth-order valence-corrected chi connectivity index (χ4v) is 3.63. The number of ether oxygens (including phenoxy) is 1. The molecule has 1 amide bonds. The van der Waals surface area contributed by atoms with Crippen LogP contribution in [0.15, 0.2) is 65.2 Å². The van der Waals surface area contributed by atoms with E-state index in [1.807, 2.05) is 36.4 Å². The van der Waals surface area contributed by atoms with Gasteiger partial charge in [-0.25, -0.2) is 4.39 Å². The largest absolute Gasteiger partial charge is 0.381 e. The van der Waals surface area contributed by atoms with E-state index in [9.17, 15) is 9.18 Å². The third-order valence-electron chi connectivity index (χ3n) is 5.21. The number of nitrogens with one attached hydrogen (secondary N) is 1. The second-order valence-corrected chi connectivity index (χ2v) is 6.93. The number of benzene rings is 2. The van der Waals surface area contributed by atoms with Crippen LogP contribution < -0.4 is 5.32 Å². The predicted molar refractivity (Wildman–Crippen MR) is 102 cm³/mol. The Morgan fingerprint density at radius 1 is 1.07 bits per heavy atom. The van der Waals surface area contributed by atoms with Crippen LogP contribution in [0.1, 0.15) is 24.2 Å². The summed E-state index contributed by atoms with van der Waals surface area (Å²) in [4.78, 5) is 13.1. The smallest absolute Gasteiger partial charge is 0.231 e. The van der Waals surface area contributed by atoms with Crippen LogP contribution in [0.25, 0.3) is 11.3 Å². The first-order chi connectivity index (χ1) is 13.7. The van der Waals surface area contributed by atoms with Crippen molar-refractivity contribution in [2.45, 2.75) is 24.8 Å². The van der Waals surface area contributed by atoms with Crippen LogP contribution in [-0.2, 0) is 21.5 Å². The first-order valence-electron chi connectivity index (χ1n) is 9.30. The number of aromatic nitrogens is 1. The summed E-state index contributed by atoms with van der Waals surface area (Å²) >= 11 is 0. The Hall–Kier alpha value is -2.99. The van der Waals surface area contributed by atoms with Crippen LogP contribution >= 0.6 is 0 Å². The molecule has 1 aliphatic rings. The van der Waals surface area contributed by atoms with Crippen molar-refractivity contribution in [2.24, 2.45) is 0 Å². The van der Waals surface area contributed by atoms with Gasteiger partial charge in [-0.3, -0.25) is 4.79 Å². The monoisotopic (exact) mass is 380 g/mol. The summed E-state index contributed by atoms with van der Waals surface area (Å²) in [5.41, 5.74) is 1.54. The standard InChI is InChI=1S/C22H21FN2O3/c23-18-8-4-7-17(13-18)22(9-11-27-12-10-22)21(26)24-15-19-14-20(25-28-19)16-5-2-1-3-6-16/h1-8,13-14H,9-12,15H2,(H,24,26). The molecule has 4 rings (SSSR count). The van der Waals surface area contributed by atoms with Crippen molar-refractivity contribution < 1.29 is 18.4 Å². The SMILES string of the molecule is O=C(NCc1cc(-c2ccccc2)no1)C1(c2cccc(F)c2)CCOCC1. The lowest BCUT2D eigenvalue weighted by atomic mass is 9.73. The lowest BCUT2D eigenvalue weighted by Crippen LogP contribution is -2.47. The van der Waals surface area contributed by atoms with Gasteiger partial charge in [0.05, 0.1) is 12.0 Å². The van der Waals surface area contributed by atoms with Gasteiger partial charge in [0.1, 0.15) is 11.5 Å². The summed E-state index contributed by atoms with van der Waals surface area (Å²) in [5.74, 6) is 0.0617. The number of carbonyl (C=O) groups excluding carboxylic acids is 1. The molecule has 1 aromatic heterocycles. The van der Waals surface area contributed by atoms with Crippen LogP contribution in [0, 0.1) is 5.82 Å². The highest BCUT2D eigenvalue weighted by atomic mass is 19.1. The van der Waals surface area contributed by atoms with E-state index in [1.54, 1.807) is 12.1 Å². The molecule has 2 heterocycles. The molecule has 0 atom stereocenters. The Bertz CT molecular complexity index is 949. The number of rotatable bonds is 5. The van der Waals surface area contributed by atoms with Gasteiger partial charge in [-0.2, -0.15) is 0 Å². The highest BCUT2D eigenvalue weighted by molar-refractivity contribution is 5.88. The summed E-state index contributed by atoms with van der Waals surface area (Å²) in [6.45, 7) is 1.14. The Balaban J connectivity index is 1.50. The minimum atomic E-state index is -0.803. The number of halogens is 1. The second-order valence-electron chi connectivity index (χ2n) is 6.93. The molecule has 0 unspecified atom stereocenters. The molecule has 28 heavy (non-hydrogen) atoms. The maximum Gasteiger partial charge on any atom is 0.231 e. The molecule has 1 aliphatic heterocycles. The van der Waals surface area contributed by atoms with Crippen molar-refractivity contribution in [2.75, 3.05) is 13.2 Å². The lowest BCUT2D eigenvalue weighted by molar-refractivity contribution is -0.130. The highest BCUT2D eigenvalue weighted by Crippen LogP contribution is 2.35. The third kappa shape index (κ3) is 3.68. The molecular weight excluding hydrogens is 359 g/mol. The first kappa shape index (κ1) is 18.4. The fraction of sp³-hybridized carbons (Fsp3) is 0.273. The van der Waals surface area contributed by atoms with Gasteiger partial charge >= 0.3 is 0 Å². The Labute approximate surface area is 162 Å². The molecule has 144 valence electrons. The molecule has 1 fully saturated rings. The van der Waals surface area contributed by atoms with Crippen molar-refractivity contribution in [3.05, 3.63) is 77.8 Å². The summed E-state index contributed by atoms with van der Waals surface area (Å²) < 4.78 is 24.6. The Kier molecular flexibility index (Phi) is 5.21. The van der Waals surface area contributed by atoms with Crippen LogP contribution in [0.4, 0.5) is 4.39 Å². The van der Waals surface area contributed by atoms with Crippen molar-refractivity contribution >= 4 is 5.91 Å². The molecule has 1 N–H and O–H groups in total. The van der Waals surface area contributed by atoms with Gasteiger partial charge in [-0.15, -0.1) is 0 Å². The van der Waals surface area contributed by atoms with Gasteiger partial charge < -0.3 is 14.6 Å². The molecule has 0 aliphatic carbocycles. The van der Waals surface area contributed by atoms with Gasteiger partial charge in [0, 0.05) is 24.8 Å². The van der Waals surface area contributed by atoms with Crippen LogP contribution in [-0.4, -0.2) is 24.3 Å². The van der Waals surface area contributed by atoms with E-state index in [0.717, 1.165) is 11.3 Å². The molecule has 0 bridgehead atoms. The zero-order valence-electron chi connectivity index (χ0n) is 15.4. The van der Waals surface area contributed by atoms with Crippen LogP contribution in [0.5, 0.6) is 0 Å². The Morgan fingerprint density at radius 2 is 1.86 bits per heavy atom. The normalized spacial score (nSPS) is 15.9. The van der Waals surface area contributed by atoms with Crippen molar-refractivity contribution in [1.82, 2.24) is 10.5 Å². The number of hydrogen-bond donors (Lipinski definition) is 1. The summed E-state index contributed by atoms with van der Waals surface area (Å²) in [7, 11) is 0. The second kappa shape index (κ2) is 7.94. The van der Waals surface area contributed by atoms with Crippen molar-refractivity contribution in [1.29, 1.82) is 0 Å². The molecule has 2 aromatic carbocycles. The fourth-order valence-electron chi connectivity index (χ4n) is 3.63. The topological polar surface area (TPSA) is 64.4 Å².